The van der Waals surface area contributed by atoms with Gasteiger partial charge in [0, 0.05) is 5.75 Å². The van der Waals surface area contributed by atoms with Gasteiger partial charge < -0.3 is 10.4 Å². The van der Waals surface area contributed by atoms with E-state index in [2.05, 4.69) is 14.7 Å². The van der Waals surface area contributed by atoms with Crippen LogP contribution >= 0.6 is 23.3 Å². The molecule has 1 unspecified atom stereocenters. The minimum atomic E-state index is -0.836. The molecule has 0 aliphatic carbocycles. The molecule has 0 fully saturated rings. The maximum absolute atomic E-state index is 11.0. The summed E-state index contributed by atoms with van der Waals surface area (Å²) in [5.74, 6) is 0.846. The van der Waals surface area contributed by atoms with Crippen LogP contribution in [-0.4, -0.2) is 38.8 Å². The topological polar surface area (TPSA) is 75.1 Å². The van der Waals surface area contributed by atoms with E-state index in [9.17, 15) is 4.79 Å². The molecule has 2 N–H and O–H groups in total. The molecule has 7 heteroatoms. The van der Waals surface area contributed by atoms with Gasteiger partial charge in [-0.1, -0.05) is 11.8 Å². The van der Waals surface area contributed by atoms with E-state index < -0.39 is 11.5 Å². The van der Waals surface area contributed by atoms with Crippen molar-refractivity contribution in [2.75, 3.05) is 12.8 Å². The number of hydrogen-bond acceptors (Lipinski definition) is 6. The number of aryl methyl sites for hydroxylation is 1. The van der Waals surface area contributed by atoms with Gasteiger partial charge in [0.05, 0.1) is 0 Å². The summed E-state index contributed by atoms with van der Waals surface area (Å²) >= 11 is 3.02. The van der Waals surface area contributed by atoms with Crippen molar-refractivity contribution in [3.63, 3.8) is 0 Å². The van der Waals surface area contributed by atoms with E-state index in [1.807, 2.05) is 6.92 Å². The van der Waals surface area contributed by atoms with Crippen LogP contribution in [0, 0.1) is 6.92 Å². The highest BCUT2D eigenvalue weighted by molar-refractivity contribution is 8.00. The van der Waals surface area contributed by atoms with Gasteiger partial charge in [-0.2, -0.15) is 4.37 Å². The first kappa shape index (κ1) is 14.4. The first-order valence-corrected chi connectivity index (χ1v) is 7.09. The lowest BCUT2D eigenvalue weighted by Gasteiger charge is -2.23. The summed E-state index contributed by atoms with van der Waals surface area (Å²) < 4.78 is 5.04. The Balaban J connectivity index is 2.30. The maximum Gasteiger partial charge on any atom is 0.323 e. The van der Waals surface area contributed by atoms with Crippen molar-refractivity contribution in [2.45, 2.75) is 36.6 Å². The Bertz CT molecular complexity index is 383. The molecule has 17 heavy (non-hydrogen) atoms. The Morgan fingerprint density at radius 1 is 1.65 bits per heavy atom. The van der Waals surface area contributed by atoms with E-state index in [1.165, 1.54) is 11.5 Å². The van der Waals surface area contributed by atoms with Gasteiger partial charge in [0.15, 0.2) is 4.34 Å². The molecule has 5 nitrogen and oxygen atoms in total. The fraction of sp³-hybridized carbons (Fsp3) is 0.700. The van der Waals surface area contributed by atoms with E-state index >= 15 is 0 Å². The third-order valence-electron chi connectivity index (χ3n) is 2.58. The summed E-state index contributed by atoms with van der Waals surface area (Å²) in [7, 11) is 1.68. The molecule has 0 aromatic carbocycles. The summed E-state index contributed by atoms with van der Waals surface area (Å²) in [6, 6.07) is 0. The summed E-state index contributed by atoms with van der Waals surface area (Å²) in [5.41, 5.74) is -0.836. The quantitative estimate of drug-likeness (QED) is 0.583. The van der Waals surface area contributed by atoms with E-state index in [0.717, 1.165) is 22.3 Å². The fourth-order valence-electron chi connectivity index (χ4n) is 1.26. The van der Waals surface area contributed by atoms with Crippen LogP contribution in [0.1, 0.15) is 25.6 Å². The van der Waals surface area contributed by atoms with Crippen molar-refractivity contribution in [2.24, 2.45) is 0 Å². The highest BCUT2D eigenvalue weighted by atomic mass is 32.2. The van der Waals surface area contributed by atoms with Gasteiger partial charge in [-0.05, 0) is 45.3 Å². The van der Waals surface area contributed by atoms with Crippen LogP contribution in [0.5, 0.6) is 0 Å². The number of nitrogens with zero attached hydrogens (tertiary/aromatic N) is 2. The van der Waals surface area contributed by atoms with Gasteiger partial charge in [0.1, 0.15) is 11.4 Å². The second-order valence-electron chi connectivity index (χ2n) is 3.95. The summed E-state index contributed by atoms with van der Waals surface area (Å²) in [6.07, 6.45) is 1.43. The molecule has 0 amide bonds. The Morgan fingerprint density at radius 3 is 2.82 bits per heavy atom. The first-order valence-electron chi connectivity index (χ1n) is 5.33. The van der Waals surface area contributed by atoms with E-state index in [1.54, 1.807) is 25.7 Å². The zero-order chi connectivity index (χ0) is 12.9. The number of carboxylic acid groups (broad SMARTS) is 1. The normalized spacial score (nSPS) is 14.5. The molecule has 1 rings (SSSR count). The van der Waals surface area contributed by atoms with E-state index in [-0.39, 0.29) is 0 Å². The molecule has 0 aliphatic heterocycles. The number of rotatable bonds is 7. The second kappa shape index (κ2) is 6.32. The Morgan fingerprint density at radius 2 is 2.35 bits per heavy atom. The van der Waals surface area contributed by atoms with Crippen LogP contribution in [0.15, 0.2) is 4.34 Å². The average molecular weight is 275 g/mol. The van der Waals surface area contributed by atoms with Crippen LogP contribution in [0.25, 0.3) is 0 Å². The Labute approximate surface area is 109 Å². The average Bonchev–Trinajstić information content (AvgIpc) is 2.70. The monoisotopic (exact) mass is 275 g/mol. The molecule has 0 spiro atoms. The van der Waals surface area contributed by atoms with Crippen LogP contribution in [0.3, 0.4) is 0 Å². The van der Waals surface area contributed by atoms with Crippen molar-refractivity contribution >= 4 is 29.3 Å². The number of hydrogen-bond donors (Lipinski definition) is 2. The molecule has 1 aromatic heterocycles. The molecule has 0 bridgehead atoms. The first-order chi connectivity index (χ1) is 7.98. The number of thioether (sulfide) groups is 1. The lowest BCUT2D eigenvalue weighted by Crippen LogP contribution is -2.47. The largest absolute Gasteiger partial charge is 0.480 e. The molecule has 0 aliphatic rings. The van der Waals surface area contributed by atoms with Gasteiger partial charge in [-0.3, -0.25) is 4.79 Å². The standard InChI is InChI=1S/C10H17N3O2S2/c1-7-12-9(17-13-7)16-6-4-5-10(2,11-3)8(14)15/h11H,4-6H2,1-3H3,(H,14,15). The van der Waals surface area contributed by atoms with Gasteiger partial charge in [0.2, 0.25) is 0 Å². The number of aliphatic carboxylic acids is 1. The fourth-order valence-corrected chi connectivity index (χ4v) is 2.92. The maximum atomic E-state index is 11.0. The summed E-state index contributed by atoms with van der Waals surface area (Å²) in [4.78, 5) is 15.3. The third-order valence-corrected chi connectivity index (χ3v) is 4.59. The van der Waals surface area contributed by atoms with Crippen molar-refractivity contribution < 1.29 is 9.90 Å². The van der Waals surface area contributed by atoms with Crippen LogP contribution in [-0.2, 0) is 4.79 Å². The van der Waals surface area contributed by atoms with E-state index in [0.29, 0.717) is 6.42 Å². The number of carbonyl (C=O) groups is 1. The van der Waals surface area contributed by atoms with Crippen LogP contribution < -0.4 is 5.32 Å². The van der Waals surface area contributed by atoms with Crippen LogP contribution in [0.2, 0.25) is 0 Å². The Hall–Kier alpha value is -0.660. The molecule has 1 aromatic rings. The van der Waals surface area contributed by atoms with E-state index in [4.69, 9.17) is 5.11 Å². The molecule has 1 heterocycles. The van der Waals surface area contributed by atoms with Crippen molar-refractivity contribution in [1.29, 1.82) is 0 Å². The molecule has 1 atom stereocenters. The smallest absolute Gasteiger partial charge is 0.323 e. The number of nitrogens with one attached hydrogen (secondary N) is 1. The lowest BCUT2D eigenvalue weighted by atomic mass is 9.97. The predicted molar refractivity (Wildman–Crippen MR) is 69.7 cm³/mol. The zero-order valence-corrected chi connectivity index (χ0v) is 11.8. The van der Waals surface area contributed by atoms with Gasteiger partial charge in [-0.15, -0.1) is 0 Å². The highest BCUT2D eigenvalue weighted by Crippen LogP contribution is 2.22. The molecule has 96 valence electrons. The third kappa shape index (κ3) is 4.25. The van der Waals surface area contributed by atoms with Gasteiger partial charge in [-0.25, -0.2) is 4.98 Å². The van der Waals surface area contributed by atoms with Crippen LogP contribution in [0.4, 0.5) is 0 Å². The summed E-state index contributed by atoms with van der Waals surface area (Å²) in [6.45, 7) is 3.57. The van der Waals surface area contributed by atoms with Crippen molar-refractivity contribution in [3.05, 3.63) is 5.82 Å². The minimum absolute atomic E-state index is 0.601. The zero-order valence-electron chi connectivity index (χ0n) is 10.2. The molecule has 0 saturated heterocycles. The minimum Gasteiger partial charge on any atom is -0.480 e. The number of aromatic nitrogens is 2. The van der Waals surface area contributed by atoms with Gasteiger partial charge >= 0.3 is 5.97 Å². The molecular formula is C10H17N3O2S2. The molecule has 0 radical (unpaired) electrons. The predicted octanol–water partition coefficient (Wildman–Crippen LogP) is 1.78. The van der Waals surface area contributed by atoms with Gasteiger partial charge in [0.25, 0.3) is 0 Å². The second-order valence-corrected chi connectivity index (χ2v) is 6.04. The Kier molecular flexibility index (Phi) is 5.35. The van der Waals surface area contributed by atoms with Crippen molar-refractivity contribution in [3.8, 4) is 0 Å². The SMILES string of the molecule is CNC(C)(CCCSc1nc(C)ns1)C(=O)O. The summed E-state index contributed by atoms with van der Waals surface area (Å²) in [5, 5.41) is 11.9. The molecular weight excluding hydrogens is 258 g/mol. The number of carboxylic acids is 1. The lowest BCUT2D eigenvalue weighted by molar-refractivity contribution is -0.144. The highest BCUT2D eigenvalue weighted by Gasteiger charge is 2.30. The molecule has 0 saturated carbocycles. The number of likely N-dealkylation sites (N-methyl/N-ethyl adjacent to an activating group) is 1. The van der Waals surface area contributed by atoms with Crippen molar-refractivity contribution in [1.82, 2.24) is 14.7 Å².